The number of phenols is 1. The first-order valence-corrected chi connectivity index (χ1v) is 19.1. The number of carbonyl (C=O) groups excluding carboxylic acids is 2. The van der Waals surface area contributed by atoms with Crippen molar-refractivity contribution in [3.63, 3.8) is 0 Å². The molecule has 0 saturated heterocycles. The maximum absolute atomic E-state index is 13.6. The number of thiocarbonyl (C=S) groups is 1. The van der Waals surface area contributed by atoms with E-state index in [9.17, 15) is 29.4 Å². The molecule has 2 heterocycles. The van der Waals surface area contributed by atoms with Crippen molar-refractivity contribution in [2.75, 3.05) is 25.5 Å². The van der Waals surface area contributed by atoms with Crippen LogP contribution in [0.25, 0.3) is 44.3 Å². The van der Waals surface area contributed by atoms with Crippen LogP contribution in [0.2, 0.25) is 5.02 Å². The quantitative estimate of drug-likeness (QED) is 0.0460. The summed E-state index contributed by atoms with van der Waals surface area (Å²) < 4.78 is 13.0. The lowest BCUT2D eigenvalue weighted by atomic mass is 9.90. The first kappa shape index (κ1) is 39.5. The number of ether oxygens (including phenoxy) is 1. The second kappa shape index (κ2) is 16.8. The Hall–Kier alpha value is -6.70. The van der Waals surface area contributed by atoms with Crippen molar-refractivity contribution in [2.45, 2.75) is 26.2 Å². The summed E-state index contributed by atoms with van der Waals surface area (Å²) in [5.41, 5.74) is 4.45. The molecule has 1 aromatic heterocycles. The maximum atomic E-state index is 13.6. The smallest absolute Gasteiger partial charge is 0.336 e. The number of aromatic nitrogens is 1. The van der Waals surface area contributed by atoms with E-state index in [-0.39, 0.29) is 45.8 Å². The lowest BCUT2D eigenvalue weighted by Gasteiger charge is -2.18. The number of hydrogen-bond donors (Lipinski definition) is 5. The Kier molecular flexibility index (Phi) is 11.5. The predicted octanol–water partition coefficient (Wildman–Crippen LogP) is 8.01. The SMILES string of the molecule is COc1ccc2c(c1)c(CC(=O)NCCCCNC(=S)Nc1ccc(-c3c4ccc(=O)cc-4oc4cc(O)ccc34)c(C(=O)O)c1)c(C)n2C(=O)c1ccc(Cl)cc1. The maximum Gasteiger partial charge on any atom is 0.336 e. The van der Waals surface area contributed by atoms with Crippen LogP contribution in [-0.4, -0.2) is 57.9 Å². The van der Waals surface area contributed by atoms with Crippen molar-refractivity contribution in [3.05, 3.63) is 135 Å². The number of nitrogens with zero attached hydrogens (tertiary/aromatic N) is 1. The third-order valence-corrected chi connectivity index (χ3v) is 10.3. The monoisotopic (exact) mass is 816 g/mol. The molecule has 5 N–H and O–H groups in total. The van der Waals surface area contributed by atoms with Gasteiger partial charge in [-0.1, -0.05) is 17.7 Å². The van der Waals surface area contributed by atoms with Crippen molar-refractivity contribution in [1.82, 2.24) is 15.2 Å². The molecule has 294 valence electrons. The summed E-state index contributed by atoms with van der Waals surface area (Å²) in [5.74, 6) is -0.766. The third-order valence-electron chi connectivity index (χ3n) is 9.84. The first-order valence-electron chi connectivity index (χ1n) is 18.3. The first-order chi connectivity index (χ1) is 27.9. The van der Waals surface area contributed by atoms with E-state index in [0.29, 0.717) is 86.8 Å². The van der Waals surface area contributed by atoms with E-state index in [1.54, 1.807) is 66.3 Å². The lowest BCUT2D eigenvalue weighted by molar-refractivity contribution is -0.120. The minimum atomic E-state index is -1.17. The molecule has 5 aromatic rings. The molecule has 14 heteroatoms. The number of fused-ring (bicyclic) bond motifs is 3. The molecule has 0 radical (unpaired) electrons. The average molecular weight is 817 g/mol. The van der Waals surface area contributed by atoms with Crippen molar-refractivity contribution < 1.29 is 33.8 Å². The number of unbranched alkanes of at least 4 members (excludes halogenated alkanes) is 1. The van der Waals surface area contributed by atoms with E-state index in [4.69, 9.17) is 33.0 Å². The van der Waals surface area contributed by atoms with Gasteiger partial charge in [0.05, 0.1) is 24.6 Å². The number of aromatic carboxylic acids is 1. The normalized spacial score (nSPS) is 11.2. The average Bonchev–Trinajstić information content (AvgIpc) is 3.47. The fourth-order valence-corrected chi connectivity index (χ4v) is 7.39. The van der Waals surface area contributed by atoms with E-state index in [0.717, 1.165) is 10.9 Å². The van der Waals surface area contributed by atoms with Gasteiger partial charge in [-0.3, -0.25) is 19.0 Å². The summed E-state index contributed by atoms with van der Waals surface area (Å²) in [6.45, 7) is 2.73. The fraction of sp³-hybridized carbons (Fsp3) is 0.159. The molecule has 1 amide bonds. The standard InChI is InChI=1S/C44H37ClN4O8S/c1-24-34(35-22-30(56-2)12-16-37(35)49(24)42(53)25-5-7-26(45)8-6-25)23-40(52)46-17-3-4-18-47-44(58)48-27-9-13-31(36(19-27)43(54)55)41-32-14-10-28(50)20-38(32)57-39-21-29(51)11-15-33(39)41/h5-16,19-22,50H,3-4,17-18,23H2,1-2H3,(H,46,52)(H,54,55)(H2,47,48,58). The van der Waals surface area contributed by atoms with Crippen LogP contribution in [-0.2, 0) is 11.2 Å². The molecule has 1 aliphatic heterocycles. The Bertz CT molecular complexity index is 2780. The summed E-state index contributed by atoms with van der Waals surface area (Å²) in [6.07, 6.45) is 1.39. The molecule has 12 nitrogen and oxygen atoms in total. The van der Waals surface area contributed by atoms with Gasteiger partial charge in [0.15, 0.2) is 10.5 Å². The van der Waals surface area contributed by atoms with Gasteiger partial charge in [0, 0.05) is 69.1 Å². The largest absolute Gasteiger partial charge is 0.508 e. The molecule has 58 heavy (non-hydrogen) atoms. The summed E-state index contributed by atoms with van der Waals surface area (Å²) >= 11 is 11.5. The third kappa shape index (κ3) is 8.22. The van der Waals surface area contributed by atoms with Gasteiger partial charge in [0.1, 0.15) is 22.8 Å². The van der Waals surface area contributed by atoms with Crippen LogP contribution >= 0.6 is 23.8 Å². The highest BCUT2D eigenvalue weighted by Gasteiger charge is 2.24. The Morgan fingerprint density at radius 2 is 1.60 bits per heavy atom. The van der Waals surface area contributed by atoms with E-state index in [1.165, 1.54) is 30.3 Å². The Morgan fingerprint density at radius 1 is 0.862 bits per heavy atom. The number of benzene rings is 5. The van der Waals surface area contributed by atoms with Gasteiger partial charge in [-0.15, -0.1) is 0 Å². The van der Waals surface area contributed by atoms with Crippen molar-refractivity contribution in [2.24, 2.45) is 0 Å². The van der Waals surface area contributed by atoms with Crippen LogP contribution in [0.3, 0.4) is 0 Å². The van der Waals surface area contributed by atoms with Crippen molar-refractivity contribution in [1.29, 1.82) is 0 Å². The number of methoxy groups -OCH3 is 1. The number of phenolic OH excluding ortho intramolecular Hbond substituents is 1. The molecular formula is C44H37ClN4O8S. The molecule has 0 saturated carbocycles. The van der Waals surface area contributed by atoms with Crippen molar-refractivity contribution in [3.8, 4) is 33.9 Å². The highest BCUT2D eigenvalue weighted by atomic mass is 35.5. The van der Waals surface area contributed by atoms with Crippen LogP contribution in [0.5, 0.6) is 11.5 Å². The highest BCUT2D eigenvalue weighted by Crippen LogP contribution is 2.42. The molecule has 0 atom stereocenters. The van der Waals surface area contributed by atoms with Gasteiger partial charge >= 0.3 is 5.97 Å². The number of halogens is 1. The van der Waals surface area contributed by atoms with Gasteiger partial charge < -0.3 is 35.3 Å². The van der Waals surface area contributed by atoms with Crippen LogP contribution in [0.15, 0.2) is 106 Å². The van der Waals surface area contributed by atoms with Crippen LogP contribution in [0, 0.1) is 6.92 Å². The van der Waals surface area contributed by atoms with Gasteiger partial charge in [-0.2, -0.15) is 0 Å². The molecule has 0 fully saturated rings. The number of nitrogens with one attached hydrogen (secondary N) is 3. The topological polar surface area (TPSA) is 172 Å². The summed E-state index contributed by atoms with van der Waals surface area (Å²) in [5, 5.41) is 31.6. The molecular weight excluding hydrogens is 780 g/mol. The van der Waals surface area contributed by atoms with Gasteiger partial charge in [0.2, 0.25) is 5.91 Å². The number of hydrogen-bond acceptors (Lipinski definition) is 8. The van der Waals surface area contributed by atoms with E-state index < -0.39 is 5.97 Å². The van der Waals surface area contributed by atoms with E-state index in [2.05, 4.69) is 16.0 Å². The highest BCUT2D eigenvalue weighted by molar-refractivity contribution is 7.80. The van der Waals surface area contributed by atoms with Crippen molar-refractivity contribution >= 4 is 74.3 Å². The number of carboxylic acids is 1. The van der Waals surface area contributed by atoms with Gasteiger partial charge in [0.25, 0.3) is 5.91 Å². The number of amides is 1. The zero-order valence-electron chi connectivity index (χ0n) is 31.4. The Morgan fingerprint density at radius 3 is 2.34 bits per heavy atom. The number of rotatable bonds is 12. The van der Waals surface area contributed by atoms with E-state index in [1.807, 2.05) is 19.1 Å². The van der Waals surface area contributed by atoms with Gasteiger partial charge in [-0.25, -0.2) is 4.79 Å². The van der Waals surface area contributed by atoms with Gasteiger partial charge in [-0.05, 0) is 122 Å². The minimum Gasteiger partial charge on any atom is -0.508 e. The zero-order chi connectivity index (χ0) is 41.1. The second-order valence-electron chi connectivity index (χ2n) is 13.6. The molecule has 0 bridgehead atoms. The summed E-state index contributed by atoms with van der Waals surface area (Å²) in [6, 6.07) is 25.8. The molecule has 2 aliphatic rings. The number of carboxylic acid groups (broad SMARTS) is 1. The fourth-order valence-electron chi connectivity index (χ4n) is 7.04. The number of carbonyl (C=O) groups is 3. The molecule has 0 spiro atoms. The summed E-state index contributed by atoms with van der Waals surface area (Å²) in [7, 11) is 1.56. The Balaban J connectivity index is 0.960. The molecule has 7 rings (SSSR count). The number of anilines is 1. The second-order valence-corrected chi connectivity index (χ2v) is 14.4. The Labute approximate surface area is 342 Å². The van der Waals surface area contributed by atoms with Crippen LogP contribution in [0.4, 0.5) is 5.69 Å². The molecule has 0 unspecified atom stereocenters. The molecule has 4 aromatic carbocycles. The molecule has 1 aliphatic carbocycles. The summed E-state index contributed by atoms with van der Waals surface area (Å²) in [4.78, 5) is 51.5. The number of aromatic hydroxyl groups is 1. The lowest BCUT2D eigenvalue weighted by Crippen LogP contribution is -2.30. The predicted molar refractivity (Wildman–Crippen MR) is 228 cm³/mol. The zero-order valence-corrected chi connectivity index (χ0v) is 32.9. The van der Waals surface area contributed by atoms with Crippen LogP contribution in [0.1, 0.15) is 44.8 Å². The van der Waals surface area contributed by atoms with E-state index >= 15 is 0 Å². The minimum absolute atomic E-state index is 0.0105. The van der Waals surface area contributed by atoms with Crippen LogP contribution < -0.4 is 26.1 Å².